The predicted molar refractivity (Wildman–Crippen MR) is 77.2 cm³/mol. The summed E-state index contributed by atoms with van der Waals surface area (Å²) in [6.07, 6.45) is 5.18. The largest absolute Gasteiger partial charge is 0.380 e. The summed E-state index contributed by atoms with van der Waals surface area (Å²) in [4.78, 5) is 14.1. The average Bonchev–Trinajstić information content (AvgIpc) is 2.95. The van der Waals surface area contributed by atoms with Gasteiger partial charge < -0.3 is 10.2 Å². The van der Waals surface area contributed by atoms with Crippen molar-refractivity contribution in [2.45, 2.75) is 51.1 Å². The Morgan fingerprint density at radius 1 is 1.37 bits per heavy atom. The fourth-order valence-corrected chi connectivity index (χ4v) is 3.47. The van der Waals surface area contributed by atoms with Crippen LogP contribution in [-0.2, 0) is 11.2 Å². The molecule has 0 bridgehead atoms. The number of hydrogen-bond acceptors (Lipinski definition) is 2. The molecule has 2 aliphatic heterocycles. The third-order valence-corrected chi connectivity index (χ3v) is 4.47. The molecule has 2 atom stereocenters. The molecular weight excluding hydrogens is 236 g/mol. The van der Waals surface area contributed by atoms with Crippen molar-refractivity contribution < 1.29 is 4.79 Å². The maximum atomic E-state index is 12.0. The average molecular weight is 258 g/mol. The van der Waals surface area contributed by atoms with Gasteiger partial charge in [0.1, 0.15) is 0 Å². The zero-order chi connectivity index (χ0) is 13.2. The minimum atomic E-state index is 0.308. The Morgan fingerprint density at radius 3 is 3.05 bits per heavy atom. The molecule has 3 nitrogen and oxygen atoms in total. The Labute approximate surface area is 115 Å². The highest BCUT2D eigenvalue weighted by Gasteiger charge is 2.35. The van der Waals surface area contributed by atoms with Gasteiger partial charge >= 0.3 is 0 Å². The van der Waals surface area contributed by atoms with Crippen molar-refractivity contribution in [1.29, 1.82) is 0 Å². The first-order valence-corrected chi connectivity index (χ1v) is 7.43. The van der Waals surface area contributed by atoms with Gasteiger partial charge in [-0.1, -0.05) is 25.1 Å². The van der Waals surface area contributed by atoms with Crippen LogP contribution in [-0.4, -0.2) is 29.4 Å². The van der Waals surface area contributed by atoms with E-state index in [4.69, 9.17) is 0 Å². The minimum Gasteiger partial charge on any atom is -0.380 e. The molecule has 0 spiro atoms. The van der Waals surface area contributed by atoms with E-state index in [2.05, 4.69) is 34.5 Å². The van der Waals surface area contributed by atoms with Crippen molar-refractivity contribution in [1.82, 2.24) is 4.90 Å². The molecule has 1 amide bonds. The smallest absolute Gasteiger partial charge is 0.222 e. The number of carbonyl (C=O) groups excluding carboxylic acids is 1. The van der Waals surface area contributed by atoms with Crippen LogP contribution in [0, 0.1) is 0 Å². The highest BCUT2D eigenvalue weighted by molar-refractivity contribution is 5.76. The molecule has 3 heteroatoms. The molecule has 1 fully saturated rings. The van der Waals surface area contributed by atoms with E-state index in [1.165, 1.54) is 11.3 Å². The van der Waals surface area contributed by atoms with Crippen LogP contribution in [0.2, 0.25) is 0 Å². The number of rotatable bonds is 2. The summed E-state index contributed by atoms with van der Waals surface area (Å²) >= 11 is 0. The fraction of sp³-hybridized carbons (Fsp3) is 0.562. The van der Waals surface area contributed by atoms with Crippen LogP contribution < -0.4 is 5.32 Å². The number of anilines is 1. The van der Waals surface area contributed by atoms with Gasteiger partial charge in [0.05, 0.1) is 6.04 Å². The quantitative estimate of drug-likeness (QED) is 0.884. The maximum Gasteiger partial charge on any atom is 0.222 e. The molecule has 0 radical (unpaired) electrons. The normalized spacial score (nSPS) is 25.8. The van der Waals surface area contributed by atoms with Crippen molar-refractivity contribution in [3.8, 4) is 0 Å². The maximum absolute atomic E-state index is 12.0. The Bertz CT molecular complexity index is 472. The lowest BCUT2D eigenvalue weighted by Gasteiger charge is -2.36. The molecule has 1 N–H and O–H groups in total. The van der Waals surface area contributed by atoms with Gasteiger partial charge in [-0.05, 0) is 37.3 Å². The zero-order valence-electron chi connectivity index (χ0n) is 11.6. The number of fused-ring (bicyclic) bond motifs is 1. The van der Waals surface area contributed by atoms with Crippen molar-refractivity contribution in [2.75, 3.05) is 11.9 Å². The molecule has 2 unspecified atom stereocenters. The molecule has 1 saturated heterocycles. The van der Waals surface area contributed by atoms with Gasteiger partial charge in [-0.2, -0.15) is 0 Å². The van der Waals surface area contributed by atoms with Crippen LogP contribution >= 0.6 is 0 Å². The zero-order valence-corrected chi connectivity index (χ0v) is 11.6. The molecule has 1 aromatic rings. The third-order valence-electron chi connectivity index (χ3n) is 4.47. The highest BCUT2D eigenvalue weighted by atomic mass is 16.2. The standard InChI is InChI=1S/C16H22N2O/c1-2-16(19)18-11-5-8-15(18)14-10-9-12-6-3-4-7-13(12)17-14/h3-4,6-7,14-15,17H,2,5,8-11H2,1H3. The van der Waals surface area contributed by atoms with E-state index in [1.54, 1.807) is 0 Å². The van der Waals surface area contributed by atoms with Crippen molar-refractivity contribution in [3.63, 3.8) is 0 Å². The predicted octanol–water partition coefficient (Wildman–Crippen LogP) is 2.81. The minimum absolute atomic E-state index is 0.308. The van der Waals surface area contributed by atoms with E-state index in [0.29, 0.717) is 24.4 Å². The molecule has 0 saturated carbocycles. The summed E-state index contributed by atoms with van der Waals surface area (Å²) in [6, 6.07) is 9.35. The number of nitrogens with zero attached hydrogens (tertiary/aromatic N) is 1. The monoisotopic (exact) mass is 258 g/mol. The summed E-state index contributed by atoms with van der Waals surface area (Å²) in [5.74, 6) is 0.308. The third kappa shape index (κ3) is 2.34. The van der Waals surface area contributed by atoms with Gasteiger partial charge in [-0.3, -0.25) is 4.79 Å². The number of hydrogen-bond donors (Lipinski definition) is 1. The summed E-state index contributed by atoms with van der Waals surface area (Å²) < 4.78 is 0. The van der Waals surface area contributed by atoms with E-state index in [0.717, 1.165) is 32.2 Å². The van der Waals surface area contributed by atoms with Gasteiger partial charge in [0.25, 0.3) is 0 Å². The van der Waals surface area contributed by atoms with Crippen LogP contribution in [0.4, 0.5) is 5.69 Å². The van der Waals surface area contributed by atoms with Gasteiger partial charge in [0.2, 0.25) is 5.91 Å². The van der Waals surface area contributed by atoms with E-state index in [-0.39, 0.29) is 0 Å². The fourth-order valence-electron chi connectivity index (χ4n) is 3.47. The second-order valence-electron chi connectivity index (χ2n) is 5.60. The Hall–Kier alpha value is -1.51. The van der Waals surface area contributed by atoms with E-state index < -0.39 is 0 Å². The Kier molecular flexibility index (Phi) is 3.45. The van der Waals surface area contributed by atoms with Crippen LogP contribution in [0.25, 0.3) is 0 Å². The molecule has 3 rings (SSSR count). The van der Waals surface area contributed by atoms with E-state index >= 15 is 0 Å². The number of likely N-dealkylation sites (tertiary alicyclic amines) is 1. The van der Waals surface area contributed by atoms with Gasteiger partial charge in [0.15, 0.2) is 0 Å². The molecule has 2 aliphatic rings. The number of nitrogens with one attached hydrogen (secondary N) is 1. The van der Waals surface area contributed by atoms with Crippen molar-refractivity contribution in [2.24, 2.45) is 0 Å². The number of carbonyl (C=O) groups is 1. The lowest BCUT2D eigenvalue weighted by molar-refractivity contribution is -0.131. The van der Waals surface area contributed by atoms with E-state index in [1.807, 2.05) is 6.92 Å². The van der Waals surface area contributed by atoms with Gasteiger partial charge in [-0.25, -0.2) is 0 Å². The molecule has 19 heavy (non-hydrogen) atoms. The molecule has 102 valence electrons. The molecular formula is C16H22N2O. The van der Waals surface area contributed by atoms with E-state index in [9.17, 15) is 4.79 Å². The second-order valence-corrected chi connectivity index (χ2v) is 5.60. The topological polar surface area (TPSA) is 32.3 Å². The summed E-state index contributed by atoms with van der Waals surface area (Å²) in [6.45, 7) is 2.90. The Morgan fingerprint density at radius 2 is 2.21 bits per heavy atom. The van der Waals surface area contributed by atoms with Crippen LogP contribution in [0.3, 0.4) is 0 Å². The highest BCUT2D eigenvalue weighted by Crippen LogP contribution is 2.31. The second kappa shape index (κ2) is 5.24. The van der Waals surface area contributed by atoms with Crippen LogP contribution in [0.1, 0.15) is 38.2 Å². The molecule has 0 aromatic heterocycles. The van der Waals surface area contributed by atoms with Gasteiger partial charge in [0, 0.05) is 24.7 Å². The SMILES string of the molecule is CCC(=O)N1CCCC1C1CCc2ccccc2N1. The summed E-state index contributed by atoms with van der Waals surface area (Å²) in [5.41, 5.74) is 2.67. The van der Waals surface area contributed by atoms with Crippen molar-refractivity contribution in [3.05, 3.63) is 29.8 Å². The molecule has 1 aromatic carbocycles. The number of para-hydroxylation sites is 1. The first-order chi connectivity index (χ1) is 9.29. The van der Waals surface area contributed by atoms with Crippen LogP contribution in [0.15, 0.2) is 24.3 Å². The number of benzene rings is 1. The first kappa shape index (κ1) is 12.5. The molecule has 0 aliphatic carbocycles. The first-order valence-electron chi connectivity index (χ1n) is 7.43. The molecule has 2 heterocycles. The van der Waals surface area contributed by atoms with Crippen LogP contribution in [0.5, 0.6) is 0 Å². The van der Waals surface area contributed by atoms with Gasteiger partial charge in [-0.15, -0.1) is 0 Å². The number of aryl methyl sites for hydroxylation is 1. The summed E-state index contributed by atoms with van der Waals surface area (Å²) in [5, 5.41) is 3.65. The van der Waals surface area contributed by atoms with Crippen molar-refractivity contribution >= 4 is 11.6 Å². The Balaban J connectivity index is 1.75. The lowest BCUT2D eigenvalue weighted by Crippen LogP contribution is -2.47. The summed E-state index contributed by atoms with van der Waals surface area (Å²) in [7, 11) is 0. The number of amides is 1. The lowest BCUT2D eigenvalue weighted by atomic mass is 9.92.